The third-order valence-corrected chi connectivity index (χ3v) is 4.09. The van der Waals surface area contributed by atoms with Crippen LogP contribution in [0.2, 0.25) is 0 Å². The van der Waals surface area contributed by atoms with Gasteiger partial charge >= 0.3 is 0 Å². The van der Waals surface area contributed by atoms with E-state index in [1.807, 2.05) is 13.0 Å². The maximum Gasteiger partial charge on any atom is 0.0995 e. The fourth-order valence-corrected chi connectivity index (χ4v) is 2.73. The number of ether oxygens (including phenoxy) is 1. The van der Waals surface area contributed by atoms with Crippen LogP contribution < -0.4 is 0 Å². The molecule has 1 aromatic rings. The van der Waals surface area contributed by atoms with Crippen LogP contribution in [0.15, 0.2) is 24.8 Å². The number of hydrogen-bond donors (Lipinski definition) is 0. The number of allylic oxidation sites excluding steroid dienone is 1. The minimum Gasteiger partial charge on any atom is -0.379 e. The van der Waals surface area contributed by atoms with Crippen molar-refractivity contribution in [2.24, 2.45) is 0 Å². The second-order valence-corrected chi connectivity index (χ2v) is 5.81. The highest BCUT2D eigenvalue weighted by Crippen LogP contribution is 2.32. The van der Waals surface area contributed by atoms with Crippen LogP contribution in [0.3, 0.4) is 0 Å². The molecule has 106 valence electrons. The molecule has 20 heavy (non-hydrogen) atoms. The summed E-state index contributed by atoms with van der Waals surface area (Å²) in [5.41, 5.74) is 3.66. The predicted octanol–water partition coefficient (Wildman–Crippen LogP) is 3.16. The molecule has 3 nitrogen and oxygen atoms in total. The second-order valence-electron chi connectivity index (χ2n) is 5.81. The van der Waals surface area contributed by atoms with E-state index >= 15 is 0 Å². The summed E-state index contributed by atoms with van der Waals surface area (Å²) < 4.78 is 5.42. The molecular formula is C17H22N2O. The van der Waals surface area contributed by atoms with Crippen LogP contribution >= 0.6 is 0 Å². The molecule has 2 rings (SSSR count). The van der Waals surface area contributed by atoms with Gasteiger partial charge in [0, 0.05) is 18.6 Å². The Balaban J connectivity index is 2.40. The van der Waals surface area contributed by atoms with Crippen molar-refractivity contribution in [1.29, 1.82) is 5.26 Å². The van der Waals surface area contributed by atoms with E-state index in [0.717, 1.165) is 48.6 Å². The maximum atomic E-state index is 9.46. The SMILES string of the molecule is C=C(C)c1ccc(C(C)(C)N2CCOCC2)c(C#N)c1. The third kappa shape index (κ3) is 2.77. The fourth-order valence-electron chi connectivity index (χ4n) is 2.73. The van der Waals surface area contributed by atoms with Gasteiger partial charge in [0.1, 0.15) is 0 Å². The lowest BCUT2D eigenvalue weighted by Gasteiger charge is -2.41. The number of nitriles is 1. The zero-order valence-corrected chi connectivity index (χ0v) is 12.6. The molecule has 0 atom stereocenters. The molecule has 1 fully saturated rings. The molecule has 0 aromatic heterocycles. The first-order valence-corrected chi connectivity index (χ1v) is 7.00. The van der Waals surface area contributed by atoms with Crippen molar-refractivity contribution in [3.05, 3.63) is 41.5 Å². The van der Waals surface area contributed by atoms with Crippen LogP contribution in [0, 0.1) is 11.3 Å². The summed E-state index contributed by atoms with van der Waals surface area (Å²) in [5.74, 6) is 0. The summed E-state index contributed by atoms with van der Waals surface area (Å²) in [6.45, 7) is 13.6. The molecule has 0 N–H and O–H groups in total. The van der Waals surface area contributed by atoms with Crippen LogP contribution in [-0.4, -0.2) is 31.2 Å². The maximum absolute atomic E-state index is 9.46. The Labute approximate surface area is 121 Å². The highest BCUT2D eigenvalue weighted by molar-refractivity contribution is 5.64. The lowest BCUT2D eigenvalue weighted by molar-refractivity contribution is -0.0118. The van der Waals surface area contributed by atoms with E-state index in [1.165, 1.54) is 0 Å². The zero-order valence-electron chi connectivity index (χ0n) is 12.6. The van der Waals surface area contributed by atoms with Crippen LogP contribution in [0.5, 0.6) is 0 Å². The van der Waals surface area contributed by atoms with Gasteiger partial charge in [-0.1, -0.05) is 24.3 Å². The van der Waals surface area contributed by atoms with Crippen molar-refractivity contribution in [3.63, 3.8) is 0 Å². The van der Waals surface area contributed by atoms with Crippen molar-refractivity contribution in [3.8, 4) is 6.07 Å². The van der Waals surface area contributed by atoms with Gasteiger partial charge in [-0.3, -0.25) is 4.90 Å². The van der Waals surface area contributed by atoms with E-state index in [2.05, 4.69) is 43.5 Å². The molecule has 0 aliphatic carbocycles. The largest absolute Gasteiger partial charge is 0.379 e. The monoisotopic (exact) mass is 270 g/mol. The van der Waals surface area contributed by atoms with Crippen LogP contribution in [-0.2, 0) is 10.3 Å². The molecule has 0 radical (unpaired) electrons. The van der Waals surface area contributed by atoms with Crippen molar-refractivity contribution in [2.45, 2.75) is 26.3 Å². The number of rotatable bonds is 3. The number of nitrogens with zero attached hydrogens (tertiary/aromatic N) is 2. The Morgan fingerprint density at radius 3 is 2.55 bits per heavy atom. The molecule has 0 unspecified atom stereocenters. The van der Waals surface area contributed by atoms with E-state index in [-0.39, 0.29) is 5.54 Å². The Morgan fingerprint density at radius 1 is 1.35 bits per heavy atom. The highest BCUT2D eigenvalue weighted by atomic mass is 16.5. The lowest BCUT2D eigenvalue weighted by atomic mass is 9.86. The van der Waals surface area contributed by atoms with Crippen LogP contribution in [0.1, 0.15) is 37.5 Å². The van der Waals surface area contributed by atoms with Gasteiger partial charge in [0.15, 0.2) is 0 Å². The minimum atomic E-state index is -0.164. The molecule has 0 bridgehead atoms. The van der Waals surface area contributed by atoms with Crippen molar-refractivity contribution in [2.75, 3.05) is 26.3 Å². The van der Waals surface area contributed by atoms with E-state index < -0.39 is 0 Å². The Bertz CT molecular complexity index is 549. The Kier molecular flexibility index (Phi) is 4.27. The van der Waals surface area contributed by atoms with Crippen LogP contribution in [0.4, 0.5) is 0 Å². The molecule has 0 saturated carbocycles. The summed E-state index contributed by atoms with van der Waals surface area (Å²) in [6, 6.07) is 8.41. The summed E-state index contributed by atoms with van der Waals surface area (Å²) in [6.07, 6.45) is 0. The van der Waals surface area contributed by atoms with E-state index in [9.17, 15) is 5.26 Å². The normalized spacial score (nSPS) is 16.7. The molecule has 1 heterocycles. The Hall–Kier alpha value is -1.63. The van der Waals surface area contributed by atoms with Crippen molar-refractivity contribution >= 4 is 5.57 Å². The summed E-state index contributed by atoms with van der Waals surface area (Å²) in [5, 5.41) is 9.46. The smallest absolute Gasteiger partial charge is 0.0995 e. The average Bonchev–Trinajstić information content (AvgIpc) is 2.47. The number of benzene rings is 1. The van der Waals surface area contributed by atoms with Gasteiger partial charge in [-0.15, -0.1) is 0 Å². The Morgan fingerprint density at radius 2 is 2.00 bits per heavy atom. The van der Waals surface area contributed by atoms with E-state index in [4.69, 9.17) is 4.74 Å². The third-order valence-electron chi connectivity index (χ3n) is 4.09. The first-order valence-electron chi connectivity index (χ1n) is 7.00. The first-order chi connectivity index (χ1) is 9.46. The standard InChI is InChI=1S/C17H22N2O/c1-13(2)14-5-6-16(15(11-14)12-18)17(3,4)19-7-9-20-10-8-19/h5-6,11H,1,7-10H2,2-4H3. The number of morpholine rings is 1. The molecule has 1 aromatic carbocycles. The van der Waals surface area contributed by atoms with E-state index in [1.54, 1.807) is 0 Å². The first kappa shape index (κ1) is 14.8. The van der Waals surface area contributed by atoms with Gasteiger partial charge in [-0.2, -0.15) is 5.26 Å². The van der Waals surface area contributed by atoms with Crippen LogP contribution in [0.25, 0.3) is 5.57 Å². The molecule has 0 spiro atoms. The van der Waals surface area contributed by atoms with Crippen molar-refractivity contribution < 1.29 is 4.74 Å². The molecule has 1 aliphatic heterocycles. The lowest BCUT2D eigenvalue weighted by Crippen LogP contribution is -2.48. The highest BCUT2D eigenvalue weighted by Gasteiger charge is 2.32. The van der Waals surface area contributed by atoms with Crippen molar-refractivity contribution in [1.82, 2.24) is 4.90 Å². The number of hydrogen-bond acceptors (Lipinski definition) is 3. The zero-order chi connectivity index (χ0) is 14.8. The van der Waals surface area contributed by atoms with Gasteiger partial charge in [0.2, 0.25) is 0 Å². The summed E-state index contributed by atoms with van der Waals surface area (Å²) >= 11 is 0. The van der Waals surface area contributed by atoms with Gasteiger partial charge in [-0.25, -0.2) is 0 Å². The van der Waals surface area contributed by atoms with E-state index in [0.29, 0.717) is 0 Å². The molecule has 1 saturated heterocycles. The summed E-state index contributed by atoms with van der Waals surface area (Å²) in [7, 11) is 0. The predicted molar refractivity (Wildman–Crippen MR) is 81.3 cm³/mol. The molecule has 3 heteroatoms. The van der Waals surface area contributed by atoms with Gasteiger partial charge < -0.3 is 4.74 Å². The minimum absolute atomic E-state index is 0.164. The molecule has 0 amide bonds. The summed E-state index contributed by atoms with van der Waals surface area (Å²) in [4.78, 5) is 2.38. The van der Waals surface area contributed by atoms with Gasteiger partial charge in [0.25, 0.3) is 0 Å². The second kappa shape index (κ2) is 5.78. The molecule has 1 aliphatic rings. The quantitative estimate of drug-likeness (QED) is 0.846. The average molecular weight is 270 g/mol. The topological polar surface area (TPSA) is 36.3 Å². The fraction of sp³-hybridized carbons (Fsp3) is 0.471. The molecular weight excluding hydrogens is 248 g/mol. The van der Waals surface area contributed by atoms with Gasteiger partial charge in [-0.05, 0) is 38.0 Å². The van der Waals surface area contributed by atoms with Gasteiger partial charge in [0.05, 0.1) is 24.8 Å².